The van der Waals surface area contributed by atoms with Gasteiger partial charge in [0, 0.05) is 11.8 Å². The number of amides is 1. The molecule has 0 aliphatic rings. The van der Waals surface area contributed by atoms with E-state index in [-0.39, 0.29) is 40.1 Å². The highest BCUT2D eigenvalue weighted by atomic mass is 35.5. The highest BCUT2D eigenvalue weighted by molar-refractivity contribution is 6.33. The first kappa shape index (κ1) is 25.2. The van der Waals surface area contributed by atoms with Gasteiger partial charge < -0.3 is 10.1 Å². The van der Waals surface area contributed by atoms with Crippen LogP contribution in [-0.4, -0.2) is 37.4 Å². The largest absolute Gasteiger partial charge is 0.497 e. The lowest BCUT2D eigenvalue weighted by molar-refractivity contribution is -0.142. The van der Waals surface area contributed by atoms with Crippen LogP contribution < -0.4 is 10.1 Å². The summed E-state index contributed by atoms with van der Waals surface area (Å²) in [6, 6.07) is 12.9. The fourth-order valence-electron chi connectivity index (χ4n) is 3.75. The van der Waals surface area contributed by atoms with Gasteiger partial charge in [-0.3, -0.25) is 9.48 Å². The minimum absolute atomic E-state index is 0.0105. The van der Waals surface area contributed by atoms with Crippen molar-refractivity contribution in [3.63, 3.8) is 0 Å². The van der Waals surface area contributed by atoms with Crippen LogP contribution in [0.15, 0.2) is 67.0 Å². The highest BCUT2D eigenvalue weighted by Gasteiger charge is 2.36. The molecule has 5 rings (SSSR count). The smallest absolute Gasteiger partial charge is 0.433 e. The minimum Gasteiger partial charge on any atom is -0.497 e. The number of aromatic nitrogens is 5. The predicted octanol–water partition coefficient (Wildman–Crippen LogP) is 5.71. The van der Waals surface area contributed by atoms with Crippen molar-refractivity contribution >= 4 is 29.0 Å². The number of carbonyl (C=O) groups excluding carboxylic acids is 1. The number of carbonyl (C=O) groups is 1. The number of hydrogen-bond donors (Lipinski definition) is 1. The van der Waals surface area contributed by atoms with E-state index in [1.54, 1.807) is 36.4 Å². The van der Waals surface area contributed by atoms with Gasteiger partial charge in [0.2, 0.25) is 0 Å². The molecule has 0 unspecified atom stereocenters. The van der Waals surface area contributed by atoms with Crippen molar-refractivity contribution in [1.29, 1.82) is 0 Å². The van der Waals surface area contributed by atoms with Crippen molar-refractivity contribution < 1.29 is 27.1 Å². The second kappa shape index (κ2) is 9.78. The third-order valence-corrected chi connectivity index (χ3v) is 5.88. The predicted molar refractivity (Wildman–Crippen MR) is 131 cm³/mol. The first-order valence-corrected chi connectivity index (χ1v) is 11.4. The lowest BCUT2D eigenvalue weighted by Crippen LogP contribution is -2.16. The van der Waals surface area contributed by atoms with E-state index in [1.165, 1.54) is 30.1 Å². The Hall–Kier alpha value is -4.45. The molecule has 0 radical (unpaired) electrons. The molecule has 2 aromatic carbocycles. The van der Waals surface area contributed by atoms with Crippen LogP contribution >= 0.6 is 11.6 Å². The van der Waals surface area contributed by atoms with Crippen LogP contribution in [0.3, 0.4) is 0 Å². The van der Waals surface area contributed by atoms with Gasteiger partial charge in [-0.25, -0.2) is 13.9 Å². The van der Waals surface area contributed by atoms with E-state index in [4.69, 9.17) is 16.3 Å². The Kier molecular flexibility index (Phi) is 6.49. The van der Waals surface area contributed by atoms with E-state index in [0.29, 0.717) is 15.8 Å². The van der Waals surface area contributed by atoms with Crippen LogP contribution in [0.25, 0.3) is 16.9 Å². The van der Waals surface area contributed by atoms with Crippen molar-refractivity contribution in [3.05, 3.63) is 94.7 Å². The Bertz CT molecular complexity index is 1630. The van der Waals surface area contributed by atoms with Gasteiger partial charge in [0.25, 0.3) is 5.91 Å². The Balaban J connectivity index is 1.48. The second-order valence-electron chi connectivity index (χ2n) is 8.15. The fourth-order valence-corrected chi connectivity index (χ4v) is 3.95. The molecule has 8 nitrogen and oxygen atoms in total. The zero-order valence-electron chi connectivity index (χ0n) is 19.5. The fraction of sp³-hybridized carbons (Fsp3) is 0.120. The lowest BCUT2D eigenvalue weighted by Gasteiger charge is -2.12. The van der Waals surface area contributed by atoms with E-state index >= 15 is 0 Å². The van der Waals surface area contributed by atoms with Crippen molar-refractivity contribution in [2.75, 3.05) is 12.4 Å². The minimum atomic E-state index is -4.77. The molecule has 3 aromatic heterocycles. The summed E-state index contributed by atoms with van der Waals surface area (Å²) < 4.78 is 61.9. The Morgan fingerprint density at radius 2 is 1.82 bits per heavy atom. The Morgan fingerprint density at radius 1 is 1.11 bits per heavy atom. The van der Waals surface area contributed by atoms with E-state index in [1.807, 2.05) is 0 Å². The van der Waals surface area contributed by atoms with Crippen molar-refractivity contribution in [3.8, 4) is 17.0 Å². The Labute approximate surface area is 217 Å². The number of fused-ring (bicyclic) bond motifs is 1. The SMILES string of the molecule is COc1ccc(-c2cc(C(F)(F)F)n3ncc(C(=O)Nc4nn(Cc5ccc(F)cc5)cc4Cl)c3n2)cc1. The van der Waals surface area contributed by atoms with Gasteiger partial charge in [0.15, 0.2) is 17.2 Å². The number of anilines is 1. The number of benzene rings is 2. The summed E-state index contributed by atoms with van der Waals surface area (Å²) in [7, 11) is 1.47. The molecular weight excluding hydrogens is 528 g/mol. The first-order chi connectivity index (χ1) is 18.1. The monoisotopic (exact) mass is 544 g/mol. The maximum atomic E-state index is 13.9. The van der Waals surface area contributed by atoms with Crippen molar-refractivity contribution in [2.24, 2.45) is 0 Å². The van der Waals surface area contributed by atoms with Crippen LogP contribution in [0, 0.1) is 5.82 Å². The van der Waals surface area contributed by atoms with Crippen molar-refractivity contribution in [2.45, 2.75) is 12.7 Å². The summed E-state index contributed by atoms with van der Waals surface area (Å²) in [5.74, 6) is -0.681. The van der Waals surface area contributed by atoms with Crippen LogP contribution in [0.2, 0.25) is 5.02 Å². The number of hydrogen-bond acceptors (Lipinski definition) is 5. The number of nitrogens with one attached hydrogen (secondary N) is 1. The molecular formula is C25H17ClF4N6O2. The van der Waals surface area contributed by atoms with Crippen LogP contribution in [-0.2, 0) is 12.7 Å². The molecule has 3 heterocycles. The van der Waals surface area contributed by atoms with E-state index in [2.05, 4.69) is 20.5 Å². The molecule has 0 aliphatic carbocycles. The standard InChI is InChI=1S/C25H17ClF4N6O2/c1-38-17-8-4-15(5-9-17)20-10-21(25(28,29)30)36-23(32-20)18(11-31-36)24(37)33-22-19(26)13-35(34-22)12-14-2-6-16(27)7-3-14/h2-11,13H,12H2,1H3,(H,33,34,37). The maximum absolute atomic E-state index is 13.9. The molecule has 13 heteroatoms. The average molecular weight is 545 g/mol. The number of alkyl halides is 3. The van der Waals surface area contributed by atoms with Crippen LogP contribution in [0.5, 0.6) is 5.75 Å². The molecule has 0 bridgehead atoms. The molecule has 194 valence electrons. The molecule has 1 N–H and O–H groups in total. The summed E-state index contributed by atoms with van der Waals surface area (Å²) in [6.07, 6.45) is -2.32. The molecule has 0 saturated carbocycles. The zero-order chi connectivity index (χ0) is 27.0. The van der Waals surface area contributed by atoms with Gasteiger partial charge in [-0.05, 0) is 48.0 Å². The average Bonchev–Trinajstić information content (AvgIpc) is 3.47. The summed E-state index contributed by atoms with van der Waals surface area (Å²) in [6.45, 7) is 0.244. The molecule has 5 aromatic rings. The molecule has 0 saturated heterocycles. The number of halogens is 5. The molecule has 1 amide bonds. The van der Waals surface area contributed by atoms with E-state index in [9.17, 15) is 22.4 Å². The maximum Gasteiger partial charge on any atom is 0.433 e. The molecule has 0 fully saturated rings. The number of nitrogens with zero attached hydrogens (tertiary/aromatic N) is 5. The van der Waals surface area contributed by atoms with Gasteiger partial charge in [0.1, 0.15) is 22.2 Å². The van der Waals surface area contributed by atoms with Gasteiger partial charge >= 0.3 is 6.18 Å². The van der Waals surface area contributed by atoms with Crippen LogP contribution in [0.4, 0.5) is 23.4 Å². The zero-order valence-corrected chi connectivity index (χ0v) is 20.3. The highest BCUT2D eigenvalue weighted by Crippen LogP contribution is 2.33. The molecule has 38 heavy (non-hydrogen) atoms. The van der Waals surface area contributed by atoms with Gasteiger partial charge in [-0.15, -0.1) is 0 Å². The van der Waals surface area contributed by atoms with Crippen molar-refractivity contribution in [1.82, 2.24) is 24.4 Å². The number of ether oxygens (including phenoxy) is 1. The number of rotatable bonds is 6. The first-order valence-electron chi connectivity index (χ1n) is 11.0. The van der Waals surface area contributed by atoms with Crippen LogP contribution in [0.1, 0.15) is 21.6 Å². The van der Waals surface area contributed by atoms with Gasteiger partial charge in [-0.2, -0.15) is 23.4 Å². The molecule has 0 aliphatic heterocycles. The topological polar surface area (TPSA) is 86.3 Å². The Morgan fingerprint density at radius 3 is 2.47 bits per heavy atom. The number of methoxy groups -OCH3 is 1. The normalized spacial score (nSPS) is 11.6. The lowest BCUT2D eigenvalue weighted by atomic mass is 10.1. The summed E-state index contributed by atoms with van der Waals surface area (Å²) >= 11 is 6.22. The van der Waals surface area contributed by atoms with E-state index in [0.717, 1.165) is 17.8 Å². The third kappa shape index (κ3) is 5.02. The third-order valence-electron chi connectivity index (χ3n) is 5.60. The summed E-state index contributed by atoms with van der Waals surface area (Å²) in [5, 5.41) is 10.6. The summed E-state index contributed by atoms with van der Waals surface area (Å²) in [5.41, 5.74) is -0.507. The molecule has 0 spiro atoms. The quantitative estimate of drug-likeness (QED) is 0.277. The summed E-state index contributed by atoms with van der Waals surface area (Å²) in [4.78, 5) is 17.4. The second-order valence-corrected chi connectivity index (χ2v) is 8.56. The van der Waals surface area contributed by atoms with Gasteiger partial charge in [0.05, 0.1) is 25.5 Å². The molecule has 0 atom stereocenters. The van der Waals surface area contributed by atoms with E-state index < -0.39 is 17.8 Å². The van der Waals surface area contributed by atoms with Gasteiger partial charge in [-0.1, -0.05) is 23.7 Å².